The molecule has 158 valence electrons. The average Bonchev–Trinajstić information content (AvgIpc) is 3.22. The van der Waals surface area contributed by atoms with Crippen molar-refractivity contribution in [3.63, 3.8) is 0 Å². The van der Waals surface area contributed by atoms with Gasteiger partial charge in [-0.1, -0.05) is 0 Å². The molecule has 8 heteroatoms. The molecule has 30 heavy (non-hydrogen) atoms. The van der Waals surface area contributed by atoms with Crippen LogP contribution in [0, 0.1) is 0 Å². The molecule has 2 aromatic rings. The lowest BCUT2D eigenvalue weighted by molar-refractivity contribution is -0.305. The van der Waals surface area contributed by atoms with Crippen LogP contribution in [0.1, 0.15) is 36.4 Å². The minimum atomic E-state index is -1.28. The molecule has 0 saturated heterocycles. The average molecular weight is 411 g/mol. The van der Waals surface area contributed by atoms with Gasteiger partial charge in [-0.05, 0) is 54.4 Å². The SMILES string of the molecule is COc1ccc(C2=NN(C(=O)CCC(=O)[O-])[C@@H](c3cc(OC)ccc3OC)C2)cc1. The van der Waals surface area contributed by atoms with Crippen LogP contribution in [0.5, 0.6) is 17.2 Å². The molecule has 2 aromatic carbocycles. The van der Waals surface area contributed by atoms with Gasteiger partial charge in [0.05, 0.1) is 33.1 Å². The van der Waals surface area contributed by atoms with E-state index in [0.29, 0.717) is 29.4 Å². The van der Waals surface area contributed by atoms with E-state index in [4.69, 9.17) is 14.2 Å². The number of carboxylic acid groups (broad SMARTS) is 1. The maximum atomic E-state index is 12.8. The molecule has 1 atom stereocenters. The van der Waals surface area contributed by atoms with Crippen LogP contribution in [0.25, 0.3) is 0 Å². The van der Waals surface area contributed by atoms with E-state index >= 15 is 0 Å². The highest BCUT2D eigenvalue weighted by atomic mass is 16.5. The zero-order valence-corrected chi connectivity index (χ0v) is 17.1. The summed E-state index contributed by atoms with van der Waals surface area (Å²) >= 11 is 0. The summed E-state index contributed by atoms with van der Waals surface area (Å²) in [5, 5.41) is 16.7. The first-order chi connectivity index (χ1) is 14.5. The number of benzene rings is 2. The highest BCUT2D eigenvalue weighted by molar-refractivity contribution is 6.03. The van der Waals surface area contributed by atoms with Crippen molar-refractivity contribution >= 4 is 17.6 Å². The molecule has 0 aliphatic carbocycles. The first kappa shape index (κ1) is 21.2. The number of rotatable bonds is 8. The van der Waals surface area contributed by atoms with Gasteiger partial charge in [0.25, 0.3) is 0 Å². The van der Waals surface area contributed by atoms with Gasteiger partial charge in [-0.25, -0.2) is 5.01 Å². The Kier molecular flexibility index (Phi) is 6.56. The Bertz CT molecular complexity index is 955. The lowest BCUT2D eigenvalue weighted by Gasteiger charge is -2.24. The quantitative estimate of drug-likeness (QED) is 0.658. The monoisotopic (exact) mass is 411 g/mol. The lowest BCUT2D eigenvalue weighted by Crippen LogP contribution is -2.30. The van der Waals surface area contributed by atoms with Gasteiger partial charge in [0.2, 0.25) is 5.91 Å². The van der Waals surface area contributed by atoms with E-state index in [1.54, 1.807) is 39.5 Å². The number of hydrogen-bond acceptors (Lipinski definition) is 7. The summed E-state index contributed by atoms with van der Waals surface area (Å²) in [6.45, 7) is 0. The minimum Gasteiger partial charge on any atom is -0.550 e. The van der Waals surface area contributed by atoms with Crippen LogP contribution >= 0.6 is 0 Å². The van der Waals surface area contributed by atoms with Crippen LogP contribution in [0.3, 0.4) is 0 Å². The lowest BCUT2D eigenvalue weighted by atomic mass is 9.97. The second kappa shape index (κ2) is 9.30. The van der Waals surface area contributed by atoms with Crippen molar-refractivity contribution in [2.45, 2.75) is 25.3 Å². The van der Waals surface area contributed by atoms with Crippen LogP contribution in [-0.2, 0) is 9.59 Å². The van der Waals surface area contributed by atoms with Gasteiger partial charge in [0, 0.05) is 24.4 Å². The zero-order valence-electron chi connectivity index (χ0n) is 17.1. The fourth-order valence-electron chi connectivity index (χ4n) is 3.36. The maximum Gasteiger partial charge on any atom is 0.243 e. The van der Waals surface area contributed by atoms with Crippen LogP contribution in [0.2, 0.25) is 0 Å². The maximum absolute atomic E-state index is 12.8. The number of nitrogens with zero attached hydrogens (tertiary/aromatic N) is 2. The number of hydrazone groups is 1. The molecule has 0 aromatic heterocycles. The number of carbonyl (C=O) groups is 2. The molecule has 0 unspecified atom stereocenters. The molecule has 0 spiro atoms. The number of carbonyl (C=O) groups excluding carboxylic acids is 2. The molecule has 0 fully saturated rings. The predicted octanol–water partition coefficient (Wildman–Crippen LogP) is 1.92. The topological polar surface area (TPSA) is 100 Å². The van der Waals surface area contributed by atoms with Crippen LogP contribution in [0.15, 0.2) is 47.6 Å². The highest BCUT2D eigenvalue weighted by Gasteiger charge is 2.34. The molecule has 0 radical (unpaired) electrons. The van der Waals surface area contributed by atoms with E-state index in [9.17, 15) is 14.7 Å². The second-order valence-corrected chi connectivity index (χ2v) is 6.71. The van der Waals surface area contributed by atoms with Crippen molar-refractivity contribution in [1.82, 2.24) is 5.01 Å². The third-order valence-corrected chi connectivity index (χ3v) is 4.93. The number of amides is 1. The molecular formula is C22H23N2O6-. The van der Waals surface area contributed by atoms with E-state index < -0.39 is 17.9 Å². The Morgan fingerprint density at radius 3 is 2.27 bits per heavy atom. The molecular weight excluding hydrogens is 388 g/mol. The van der Waals surface area contributed by atoms with Gasteiger partial charge < -0.3 is 24.1 Å². The summed E-state index contributed by atoms with van der Waals surface area (Å²) in [6.07, 6.45) is -0.137. The summed E-state index contributed by atoms with van der Waals surface area (Å²) in [5.74, 6) is 0.232. The molecule has 0 bridgehead atoms. The first-order valence-electron chi connectivity index (χ1n) is 9.42. The second-order valence-electron chi connectivity index (χ2n) is 6.71. The number of hydrogen-bond donors (Lipinski definition) is 0. The summed E-state index contributed by atoms with van der Waals surface area (Å²) in [6, 6.07) is 12.3. The summed E-state index contributed by atoms with van der Waals surface area (Å²) in [4.78, 5) is 23.6. The van der Waals surface area contributed by atoms with Gasteiger partial charge in [0.1, 0.15) is 17.2 Å². The number of carboxylic acids is 1. The van der Waals surface area contributed by atoms with Gasteiger partial charge in [-0.3, -0.25) is 4.79 Å². The van der Waals surface area contributed by atoms with E-state index in [1.165, 1.54) is 5.01 Å². The van der Waals surface area contributed by atoms with Crippen LogP contribution < -0.4 is 19.3 Å². The summed E-state index contributed by atoms with van der Waals surface area (Å²) < 4.78 is 16.0. The standard InChI is InChI=1S/C22H24N2O6/c1-28-15-6-4-14(5-7-15)18-13-19(24(23-18)21(25)10-11-22(26)27)17-12-16(29-2)8-9-20(17)30-3/h4-9,12,19H,10-11,13H2,1-3H3,(H,26,27)/p-1/t19-/m1/s1. The predicted molar refractivity (Wildman–Crippen MR) is 108 cm³/mol. The first-order valence-corrected chi connectivity index (χ1v) is 9.42. The zero-order chi connectivity index (χ0) is 21.7. The fourth-order valence-corrected chi connectivity index (χ4v) is 3.36. The Morgan fingerprint density at radius 2 is 1.67 bits per heavy atom. The molecule has 1 aliphatic rings. The van der Waals surface area contributed by atoms with Crippen LogP contribution in [0.4, 0.5) is 0 Å². The third-order valence-electron chi connectivity index (χ3n) is 4.93. The molecule has 0 saturated carbocycles. The molecule has 3 rings (SSSR count). The smallest absolute Gasteiger partial charge is 0.243 e. The highest BCUT2D eigenvalue weighted by Crippen LogP contribution is 2.39. The van der Waals surface area contributed by atoms with Crippen LogP contribution in [-0.4, -0.2) is 43.9 Å². The number of ether oxygens (including phenoxy) is 3. The van der Waals surface area contributed by atoms with Crippen molar-refractivity contribution in [3.8, 4) is 17.2 Å². The van der Waals surface area contributed by atoms with E-state index in [-0.39, 0.29) is 12.8 Å². The largest absolute Gasteiger partial charge is 0.550 e. The van der Waals surface area contributed by atoms with E-state index in [0.717, 1.165) is 11.1 Å². The summed E-state index contributed by atoms with van der Waals surface area (Å²) in [5.41, 5.74) is 2.28. The third kappa shape index (κ3) is 4.53. The number of aliphatic carboxylic acids is 1. The molecule has 1 heterocycles. The number of methoxy groups -OCH3 is 3. The van der Waals surface area contributed by atoms with Gasteiger partial charge in [-0.15, -0.1) is 0 Å². The van der Waals surface area contributed by atoms with Crippen molar-refractivity contribution in [1.29, 1.82) is 0 Å². The molecule has 8 nitrogen and oxygen atoms in total. The Hall–Kier alpha value is -3.55. The molecule has 1 amide bonds. The van der Waals surface area contributed by atoms with Gasteiger partial charge >= 0.3 is 0 Å². The Morgan fingerprint density at radius 1 is 1.00 bits per heavy atom. The molecule has 0 N–H and O–H groups in total. The van der Waals surface area contributed by atoms with Crippen molar-refractivity contribution < 1.29 is 28.9 Å². The van der Waals surface area contributed by atoms with Gasteiger partial charge in [0.15, 0.2) is 0 Å². The van der Waals surface area contributed by atoms with E-state index in [1.807, 2.05) is 24.3 Å². The van der Waals surface area contributed by atoms with Gasteiger partial charge in [-0.2, -0.15) is 5.10 Å². The van der Waals surface area contributed by atoms with E-state index in [2.05, 4.69) is 5.10 Å². The van der Waals surface area contributed by atoms with Crippen molar-refractivity contribution in [2.75, 3.05) is 21.3 Å². The van der Waals surface area contributed by atoms with Crippen molar-refractivity contribution in [3.05, 3.63) is 53.6 Å². The van der Waals surface area contributed by atoms with Crippen molar-refractivity contribution in [2.24, 2.45) is 5.10 Å². The fraction of sp³-hybridized carbons (Fsp3) is 0.318. The Labute approximate surface area is 174 Å². The summed E-state index contributed by atoms with van der Waals surface area (Å²) in [7, 11) is 4.70. The Balaban J connectivity index is 1.98. The minimum absolute atomic E-state index is 0.204. The normalized spacial score (nSPS) is 15.5. The molecule has 1 aliphatic heterocycles.